The van der Waals surface area contributed by atoms with Crippen LogP contribution in [0.4, 0.5) is 4.39 Å². The van der Waals surface area contributed by atoms with Gasteiger partial charge in [-0.2, -0.15) is 0 Å². The molecule has 2 heterocycles. The lowest BCUT2D eigenvalue weighted by atomic mass is 9.96. The first-order chi connectivity index (χ1) is 12.5. The lowest BCUT2D eigenvalue weighted by Gasteiger charge is -2.31. The quantitative estimate of drug-likeness (QED) is 0.774. The molecular formula is C18H22FN3O3S. The van der Waals surface area contributed by atoms with Crippen LogP contribution in [0.3, 0.4) is 0 Å². The highest BCUT2D eigenvalue weighted by Gasteiger charge is 2.26. The predicted octanol–water partition coefficient (Wildman–Crippen LogP) is 1.98. The molecule has 26 heavy (non-hydrogen) atoms. The lowest BCUT2D eigenvalue weighted by molar-refractivity contribution is -0.121. The summed E-state index contributed by atoms with van der Waals surface area (Å²) in [5.41, 5.74) is -0.0408. The number of carbonyl (C=O) groups is 1. The van der Waals surface area contributed by atoms with Crippen LogP contribution in [0.5, 0.6) is 0 Å². The standard InChI is InChI=1S/C18H22FN3O3S/c1-25-16-4-3-5-20-15(16)6-11(23)9-22-10-21-14-8-13(19)17(26-2)7-12(14)18(22)24/h7-8,10,15-16,20H,3-6,9H2,1-2H3/t15-,16+/m0/s1. The van der Waals surface area contributed by atoms with Gasteiger partial charge in [-0.25, -0.2) is 9.37 Å². The van der Waals surface area contributed by atoms with Crippen LogP contribution in [0.1, 0.15) is 19.3 Å². The van der Waals surface area contributed by atoms with Gasteiger partial charge in [0, 0.05) is 30.5 Å². The summed E-state index contributed by atoms with van der Waals surface area (Å²) >= 11 is 1.22. The molecule has 0 aliphatic carbocycles. The molecule has 1 aromatic heterocycles. The predicted molar refractivity (Wildman–Crippen MR) is 99.2 cm³/mol. The van der Waals surface area contributed by atoms with Crippen molar-refractivity contribution in [1.29, 1.82) is 0 Å². The van der Waals surface area contributed by atoms with Crippen LogP contribution in [0.15, 0.2) is 28.2 Å². The smallest absolute Gasteiger partial charge is 0.261 e. The highest BCUT2D eigenvalue weighted by Crippen LogP contribution is 2.22. The Labute approximate surface area is 155 Å². The maximum Gasteiger partial charge on any atom is 0.261 e. The number of fused-ring (bicyclic) bond motifs is 1. The Morgan fingerprint density at radius 3 is 3.04 bits per heavy atom. The summed E-state index contributed by atoms with van der Waals surface area (Å²) in [4.78, 5) is 29.6. The number of piperidine rings is 1. The molecule has 0 saturated carbocycles. The highest BCUT2D eigenvalue weighted by atomic mass is 32.2. The van der Waals surface area contributed by atoms with Crippen molar-refractivity contribution in [1.82, 2.24) is 14.9 Å². The molecule has 0 amide bonds. The van der Waals surface area contributed by atoms with Crippen molar-refractivity contribution in [3.8, 4) is 0 Å². The van der Waals surface area contributed by atoms with Crippen molar-refractivity contribution in [3.63, 3.8) is 0 Å². The van der Waals surface area contributed by atoms with Crippen molar-refractivity contribution < 1.29 is 13.9 Å². The molecule has 1 fully saturated rings. The zero-order valence-electron chi connectivity index (χ0n) is 14.8. The van der Waals surface area contributed by atoms with Crippen LogP contribution in [-0.2, 0) is 16.1 Å². The minimum Gasteiger partial charge on any atom is -0.380 e. The first-order valence-electron chi connectivity index (χ1n) is 8.54. The van der Waals surface area contributed by atoms with Gasteiger partial charge in [0.1, 0.15) is 5.82 Å². The molecule has 1 saturated heterocycles. The lowest BCUT2D eigenvalue weighted by Crippen LogP contribution is -2.47. The second kappa shape index (κ2) is 8.28. The van der Waals surface area contributed by atoms with E-state index in [1.54, 1.807) is 13.4 Å². The van der Waals surface area contributed by atoms with Crippen LogP contribution in [0.25, 0.3) is 10.9 Å². The van der Waals surface area contributed by atoms with Crippen molar-refractivity contribution in [3.05, 3.63) is 34.6 Å². The molecule has 0 bridgehead atoms. The summed E-state index contributed by atoms with van der Waals surface area (Å²) < 4.78 is 20.6. The van der Waals surface area contributed by atoms with Crippen LogP contribution >= 0.6 is 11.8 Å². The van der Waals surface area contributed by atoms with Gasteiger partial charge in [-0.15, -0.1) is 11.8 Å². The molecule has 1 aromatic carbocycles. The third-order valence-corrected chi connectivity index (χ3v) is 5.47. The average molecular weight is 379 g/mol. The molecule has 1 N–H and O–H groups in total. The number of hydrogen-bond donors (Lipinski definition) is 1. The molecule has 6 nitrogen and oxygen atoms in total. The summed E-state index contributed by atoms with van der Waals surface area (Å²) in [6.45, 7) is 0.806. The van der Waals surface area contributed by atoms with Crippen molar-refractivity contribution in [2.45, 2.75) is 42.8 Å². The Bertz CT molecular complexity index is 871. The van der Waals surface area contributed by atoms with E-state index in [0.717, 1.165) is 19.4 Å². The summed E-state index contributed by atoms with van der Waals surface area (Å²) in [6.07, 6.45) is 5.29. The number of Topliss-reactive ketones (excluding diaryl/α,β-unsaturated/α-hetero) is 1. The Balaban J connectivity index is 1.80. The number of hydrogen-bond acceptors (Lipinski definition) is 6. The SMILES string of the molecule is CO[C@@H]1CCCN[C@H]1CC(=O)Cn1cnc2cc(F)c(SC)cc2c1=O. The van der Waals surface area contributed by atoms with Gasteiger partial charge in [0.2, 0.25) is 0 Å². The molecule has 0 unspecified atom stereocenters. The number of nitrogens with one attached hydrogen (secondary N) is 1. The van der Waals surface area contributed by atoms with Crippen LogP contribution in [-0.4, -0.2) is 47.4 Å². The van der Waals surface area contributed by atoms with Gasteiger partial charge < -0.3 is 10.1 Å². The minimum atomic E-state index is -0.403. The molecule has 1 aliphatic heterocycles. The van der Waals surface area contributed by atoms with E-state index in [0.29, 0.717) is 22.2 Å². The van der Waals surface area contributed by atoms with Crippen LogP contribution in [0, 0.1) is 5.82 Å². The Morgan fingerprint density at radius 2 is 2.31 bits per heavy atom. The van der Waals surface area contributed by atoms with E-state index in [9.17, 15) is 14.0 Å². The number of nitrogens with zero attached hydrogens (tertiary/aromatic N) is 2. The maximum atomic E-state index is 13.9. The summed E-state index contributed by atoms with van der Waals surface area (Å²) in [7, 11) is 1.65. The zero-order chi connectivity index (χ0) is 18.7. The monoisotopic (exact) mass is 379 g/mol. The summed E-state index contributed by atoms with van der Waals surface area (Å²) in [5.74, 6) is -0.471. The minimum absolute atomic E-state index is 0.00580. The fraction of sp³-hybridized carbons (Fsp3) is 0.500. The van der Waals surface area contributed by atoms with Crippen LogP contribution < -0.4 is 10.9 Å². The largest absolute Gasteiger partial charge is 0.380 e. The van der Waals surface area contributed by atoms with Gasteiger partial charge in [0.15, 0.2) is 5.78 Å². The summed E-state index contributed by atoms with van der Waals surface area (Å²) in [5, 5.41) is 3.63. The maximum absolute atomic E-state index is 13.9. The molecular weight excluding hydrogens is 357 g/mol. The van der Waals surface area contributed by atoms with Crippen molar-refractivity contribution in [2.24, 2.45) is 0 Å². The molecule has 0 spiro atoms. The number of halogens is 1. The van der Waals surface area contributed by atoms with Gasteiger partial charge in [-0.05, 0) is 31.7 Å². The molecule has 2 aromatic rings. The Morgan fingerprint density at radius 1 is 1.50 bits per heavy atom. The first kappa shape index (κ1) is 19.0. The number of ketones is 1. The number of rotatable bonds is 6. The second-order valence-electron chi connectivity index (χ2n) is 6.40. The molecule has 1 aliphatic rings. The highest BCUT2D eigenvalue weighted by molar-refractivity contribution is 7.98. The van der Waals surface area contributed by atoms with Crippen molar-refractivity contribution >= 4 is 28.4 Å². The van der Waals surface area contributed by atoms with E-state index in [1.165, 1.54) is 34.8 Å². The topological polar surface area (TPSA) is 73.2 Å². The molecule has 0 radical (unpaired) electrons. The number of methoxy groups -OCH3 is 1. The molecule has 2 atom stereocenters. The third kappa shape index (κ3) is 3.97. The van der Waals surface area contributed by atoms with Gasteiger partial charge in [0.05, 0.1) is 29.9 Å². The second-order valence-corrected chi connectivity index (χ2v) is 7.25. The Kier molecular flexibility index (Phi) is 6.05. The van der Waals surface area contributed by atoms with E-state index in [4.69, 9.17) is 4.74 Å². The fourth-order valence-corrected chi connectivity index (χ4v) is 3.83. The van der Waals surface area contributed by atoms with Crippen LogP contribution in [0.2, 0.25) is 0 Å². The number of aromatic nitrogens is 2. The van der Waals surface area contributed by atoms with E-state index in [1.807, 2.05) is 0 Å². The van der Waals surface area contributed by atoms with E-state index < -0.39 is 5.82 Å². The number of ether oxygens (including phenoxy) is 1. The van der Waals surface area contributed by atoms with Gasteiger partial charge in [-0.3, -0.25) is 14.2 Å². The Hall–Kier alpha value is -1.77. The van der Waals surface area contributed by atoms with Gasteiger partial charge in [-0.1, -0.05) is 0 Å². The number of thioether (sulfide) groups is 1. The van der Waals surface area contributed by atoms with E-state index in [2.05, 4.69) is 10.3 Å². The average Bonchev–Trinajstić information content (AvgIpc) is 2.64. The number of benzene rings is 1. The normalized spacial score (nSPS) is 20.4. The molecule has 3 rings (SSSR count). The zero-order valence-corrected chi connectivity index (χ0v) is 15.6. The first-order valence-corrected chi connectivity index (χ1v) is 9.76. The van der Waals surface area contributed by atoms with Crippen molar-refractivity contribution in [2.75, 3.05) is 19.9 Å². The third-order valence-electron chi connectivity index (χ3n) is 4.72. The fourth-order valence-electron chi connectivity index (χ4n) is 3.34. The number of carbonyl (C=O) groups excluding carboxylic acids is 1. The van der Waals surface area contributed by atoms with E-state index >= 15 is 0 Å². The molecule has 8 heteroatoms. The van der Waals surface area contributed by atoms with Gasteiger partial charge >= 0.3 is 0 Å². The summed E-state index contributed by atoms with van der Waals surface area (Å²) in [6, 6.07) is 2.71. The molecule has 140 valence electrons. The van der Waals surface area contributed by atoms with Gasteiger partial charge in [0.25, 0.3) is 5.56 Å². The van der Waals surface area contributed by atoms with E-state index in [-0.39, 0.29) is 30.0 Å².